The van der Waals surface area contributed by atoms with Crippen LogP contribution in [0, 0.1) is 0 Å². The number of primary amides is 1. The van der Waals surface area contributed by atoms with Gasteiger partial charge in [0.15, 0.2) is 0 Å². The highest BCUT2D eigenvalue weighted by Gasteiger charge is 2.04. The smallest absolute Gasteiger partial charge is 0.248 e. The van der Waals surface area contributed by atoms with Crippen molar-refractivity contribution in [2.75, 3.05) is 19.0 Å². The van der Waals surface area contributed by atoms with E-state index in [1.54, 1.807) is 0 Å². The molecule has 0 aromatic heterocycles. The number of hydrogen-bond acceptors (Lipinski definition) is 2. The molecule has 1 aromatic rings. The van der Waals surface area contributed by atoms with Crippen molar-refractivity contribution in [2.45, 2.75) is 0 Å². The maximum absolute atomic E-state index is 10.8. The van der Waals surface area contributed by atoms with Gasteiger partial charge in [0, 0.05) is 25.4 Å². The summed E-state index contributed by atoms with van der Waals surface area (Å²) in [4.78, 5) is 12.8. The summed E-state index contributed by atoms with van der Waals surface area (Å²) in [6, 6.07) is 7.51. The van der Waals surface area contributed by atoms with Crippen molar-refractivity contribution in [3.05, 3.63) is 36.4 Å². The number of nitrogens with zero attached hydrogens (tertiary/aromatic N) is 1. The molecule has 0 saturated heterocycles. The number of nitrogens with two attached hydrogens (primary N) is 1. The van der Waals surface area contributed by atoms with Gasteiger partial charge in [0.25, 0.3) is 0 Å². The van der Waals surface area contributed by atoms with E-state index in [2.05, 4.69) is 6.58 Å². The number of rotatable bonds is 3. The summed E-state index contributed by atoms with van der Waals surface area (Å²) in [5.74, 6) is -0.484. The second-order valence-corrected chi connectivity index (χ2v) is 3.28. The third kappa shape index (κ3) is 2.13. The minimum absolute atomic E-state index is 0.343. The van der Waals surface area contributed by atoms with Gasteiger partial charge < -0.3 is 10.6 Å². The minimum Gasteiger partial charge on any atom is -0.378 e. The van der Waals surface area contributed by atoms with E-state index in [0.717, 1.165) is 11.3 Å². The van der Waals surface area contributed by atoms with Crippen LogP contribution < -0.4 is 10.6 Å². The van der Waals surface area contributed by atoms with E-state index in [-0.39, 0.29) is 0 Å². The molecule has 0 heterocycles. The van der Waals surface area contributed by atoms with Crippen molar-refractivity contribution in [1.82, 2.24) is 0 Å². The molecule has 0 aliphatic carbocycles. The summed E-state index contributed by atoms with van der Waals surface area (Å²) < 4.78 is 0. The van der Waals surface area contributed by atoms with Crippen LogP contribution in [-0.4, -0.2) is 20.0 Å². The molecule has 14 heavy (non-hydrogen) atoms. The van der Waals surface area contributed by atoms with Gasteiger partial charge in [-0.3, -0.25) is 4.79 Å². The molecule has 3 nitrogen and oxygen atoms in total. The molecule has 1 aromatic carbocycles. The third-order valence-corrected chi connectivity index (χ3v) is 2.03. The molecule has 0 atom stereocenters. The summed E-state index contributed by atoms with van der Waals surface area (Å²) in [6.45, 7) is 3.61. The number of hydrogen-bond donors (Lipinski definition) is 1. The standard InChI is InChI=1S/C11H14N2O/c1-8(11(12)14)9-4-6-10(7-5-9)13(2)3/h4-7H,1H2,2-3H3,(H2,12,14). The van der Waals surface area contributed by atoms with Crippen LogP contribution in [0.5, 0.6) is 0 Å². The van der Waals surface area contributed by atoms with Crippen LogP contribution >= 0.6 is 0 Å². The van der Waals surface area contributed by atoms with Crippen LogP contribution in [-0.2, 0) is 4.79 Å². The van der Waals surface area contributed by atoms with Crippen molar-refractivity contribution in [3.63, 3.8) is 0 Å². The number of benzene rings is 1. The van der Waals surface area contributed by atoms with E-state index in [0.29, 0.717) is 5.57 Å². The van der Waals surface area contributed by atoms with E-state index >= 15 is 0 Å². The van der Waals surface area contributed by atoms with Gasteiger partial charge in [-0.15, -0.1) is 0 Å². The van der Waals surface area contributed by atoms with Gasteiger partial charge in [-0.1, -0.05) is 18.7 Å². The lowest BCUT2D eigenvalue weighted by Gasteiger charge is -2.12. The Bertz CT molecular complexity index is 352. The molecule has 0 unspecified atom stereocenters. The van der Waals surface area contributed by atoms with Gasteiger partial charge in [0.1, 0.15) is 0 Å². The molecule has 74 valence electrons. The Hall–Kier alpha value is -1.77. The molecule has 3 heteroatoms. The number of carbonyl (C=O) groups excluding carboxylic acids is 1. The Morgan fingerprint density at radius 1 is 1.29 bits per heavy atom. The monoisotopic (exact) mass is 190 g/mol. The molecular weight excluding hydrogens is 176 g/mol. The normalized spacial score (nSPS) is 9.57. The zero-order valence-electron chi connectivity index (χ0n) is 8.45. The van der Waals surface area contributed by atoms with Crippen LogP contribution in [0.15, 0.2) is 30.8 Å². The maximum Gasteiger partial charge on any atom is 0.248 e. The zero-order valence-corrected chi connectivity index (χ0v) is 8.45. The van der Waals surface area contributed by atoms with Crippen molar-refractivity contribution in [2.24, 2.45) is 5.73 Å². The van der Waals surface area contributed by atoms with Crippen LogP contribution in [0.3, 0.4) is 0 Å². The highest BCUT2D eigenvalue weighted by atomic mass is 16.1. The second-order valence-electron chi connectivity index (χ2n) is 3.28. The van der Waals surface area contributed by atoms with Crippen LogP contribution in [0.1, 0.15) is 5.56 Å². The first kappa shape index (κ1) is 10.3. The van der Waals surface area contributed by atoms with E-state index < -0.39 is 5.91 Å². The largest absolute Gasteiger partial charge is 0.378 e. The molecular formula is C11H14N2O. The second kappa shape index (κ2) is 3.96. The molecule has 1 amide bonds. The van der Waals surface area contributed by atoms with Crippen LogP contribution in [0.25, 0.3) is 5.57 Å². The van der Waals surface area contributed by atoms with Gasteiger partial charge in [-0.05, 0) is 17.7 Å². The first-order valence-electron chi connectivity index (χ1n) is 4.29. The summed E-state index contributed by atoms with van der Waals surface area (Å²) in [6.07, 6.45) is 0. The molecule has 0 bridgehead atoms. The number of carbonyl (C=O) groups is 1. The molecule has 0 spiro atoms. The lowest BCUT2D eigenvalue weighted by atomic mass is 10.1. The molecule has 0 aliphatic heterocycles. The van der Waals surface area contributed by atoms with E-state index in [4.69, 9.17) is 5.73 Å². The highest BCUT2D eigenvalue weighted by Crippen LogP contribution is 2.17. The molecule has 0 saturated carbocycles. The summed E-state index contributed by atoms with van der Waals surface area (Å²) in [7, 11) is 3.91. The Kier molecular flexibility index (Phi) is 2.92. The topological polar surface area (TPSA) is 46.3 Å². The van der Waals surface area contributed by atoms with Crippen LogP contribution in [0.2, 0.25) is 0 Å². The molecule has 0 radical (unpaired) electrons. The summed E-state index contributed by atoms with van der Waals surface area (Å²) in [5.41, 5.74) is 7.30. The summed E-state index contributed by atoms with van der Waals surface area (Å²) in [5, 5.41) is 0. The van der Waals surface area contributed by atoms with Gasteiger partial charge >= 0.3 is 0 Å². The van der Waals surface area contributed by atoms with E-state index in [1.807, 2.05) is 43.3 Å². The fraction of sp³-hybridized carbons (Fsp3) is 0.182. The number of anilines is 1. The molecule has 0 fully saturated rings. The fourth-order valence-electron chi connectivity index (χ4n) is 1.10. The van der Waals surface area contributed by atoms with E-state index in [1.165, 1.54) is 0 Å². The molecule has 2 N–H and O–H groups in total. The fourth-order valence-corrected chi connectivity index (χ4v) is 1.10. The van der Waals surface area contributed by atoms with E-state index in [9.17, 15) is 4.79 Å². The SMILES string of the molecule is C=C(C(N)=O)c1ccc(N(C)C)cc1. The molecule has 1 rings (SSSR count). The van der Waals surface area contributed by atoms with Crippen molar-refractivity contribution < 1.29 is 4.79 Å². The van der Waals surface area contributed by atoms with Crippen LogP contribution in [0.4, 0.5) is 5.69 Å². The molecule has 0 aliphatic rings. The van der Waals surface area contributed by atoms with Gasteiger partial charge in [0.2, 0.25) is 5.91 Å². The Morgan fingerprint density at radius 2 is 1.79 bits per heavy atom. The van der Waals surface area contributed by atoms with Crippen molar-refractivity contribution in [3.8, 4) is 0 Å². The minimum atomic E-state index is -0.484. The average molecular weight is 190 g/mol. The number of amides is 1. The quantitative estimate of drug-likeness (QED) is 0.729. The first-order chi connectivity index (χ1) is 6.52. The first-order valence-corrected chi connectivity index (χ1v) is 4.29. The Balaban J connectivity index is 2.94. The zero-order chi connectivity index (χ0) is 10.7. The van der Waals surface area contributed by atoms with Gasteiger partial charge in [0.05, 0.1) is 0 Å². The predicted octanol–water partition coefficient (Wildman–Crippen LogP) is 1.25. The predicted molar refractivity (Wildman–Crippen MR) is 59.0 cm³/mol. The van der Waals surface area contributed by atoms with Crippen molar-refractivity contribution >= 4 is 17.2 Å². The summed E-state index contributed by atoms with van der Waals surface area (Å²) >= 11 is 0. The highest BCUT2D eigenvalue weighted by molar-refractivity contribution is 6.17. The Morgan fingerprint density at radius 3 is 2.14 bits per heavy atom. The maximum atomic E-state index is 10.8. The lowest BCUT2D eigenvalue weighted by molar-refractivity contribution is -0.112. The van der Waals surface area contributed by atoms with Crippen molar-refractivity contribution in [1.29, 1.82) is 0 Å². The van der Waals surface area contributed by atoms with Gasteiger partial charge in [-0.25, -0.2) is 0 Å². The van der Waals surface area contributed by atoms with Gasteiger partial charge in [-0.2, -0.15) is 0 Å². The Labute approximate surface area is 83.8 Å². The lowest BCUT2D eigenvalue weighted by Crippen LogP contribution is -2.12. The average Bonchev–Trinajstić information content (AvgIpc) is 2.16. The third-order valence-electron chi connectivity index (χ3n) is 2.03.